The minimum atomic E-state index is -0.287. The SMILES string of the molecule is CC1CCCN(Cc2csc(NC(=O)c3ccccc3NC(=O)c3cccs3)n2)C1. The van der Waals surface area contributed by atoms with Gasteiger partial charge in [-0.3, -0.25) is 19.8 Å². The second-order valence-corrected chi connectivity index (χ2v) is 9.36. The molecule has 156 valence electrons. The molecule has 0 aliphatic carbocycles. The van der Waals surface area contributed by atoms with E-state index in [1.54, 1.807) is 30.3 Å². The molecule has 1 saturated heterocycles. The molecule has 30 heavy (non-hydrogen) atoms. The van der Waals surface area contributed by atoms with Crippen molar-refractivity contribution in [3.05, 3.63) is 63.3 Å². The van der Waals surface area contributed by atoms with Crippen LogP contribution in [0.4, 0.5) is 10.8 Å². The number of thiophene rings is 1. The summed E-state index contributed by atoms with van der Waals surface area (Å²) in [4.78, 5) is 32.8. The predicted molar refractivity (Wildman–Crippen MR) is 122 cm³/mol. The number of aromatic nitrogens is 1. The number of nitrogens with one attached hydrogen (secondary N) is 2. The van der Waals surface area contributed by atoms with Crippen LogP contribution < -0.4 is 10.6 Å². The highest BCUT2D eigenvalue weighted by Crippen LogP contribution is 2.23. The Balaban J connectivity index is 1.41. The van der Waals surface area contributed by atoms with E-state index in [4.69, 9.17) is 0 Å². The Kier molecular flexibility index (Phi) is 6.56. The number of anilines is 2. The molecular weight excluding hydrogens is 416 g/mol. The molecule has 8 heteroatoms. The fourth-order valence-corrected chi connectivity index (χ4v) is 4.96. The van der Waals surface area contributed by atoms with E-state index in [9.17, 15) is 9.59 Å². The monoisotopic (exact) mass is 440 g/mol. The summed E-state index contributed by atoms with van der Waals surface area (Å²) in [5, 5.41) is 10.1. The number of benzene rings is 1. The van der Waals surface area contributed by atoms with E-state index in [0.29, 0.717) is 21.3 Å². The van der Waals surface area contributed by atoms with E-state index in [-0.39, 0.29) is 11.8 Å². The highest BCUT2D eigenvalue weighted by atomic mass is 32.1. The minimum Gasteiger partial charge on any atom is -0.321 e. The van der Waals surface area contributed by atoms with Gasteiger partial charge in [0.1, 0.15) is 0 Å². The van der Waals surface area contributed by atoms with E-state index < -0.39 is 0 Å². The van der Waals surface area contributed by atoms with Crippen LogP contribution in [0.15, 0.2) is 47.2 Å². The molecule has 3 heterocycles. The lowest BCUT2D eigenvalue weighted by molar-refractivity contribution is 0.102. The molecule has 1 unspecified atom stereocenters. The van der Waals surface area contributed by atoms with Crippen molar-refractivity contribution in [3.63, 3.8) is 0 Å². The van der Waals surface area contributed by atoms with Crippen molar-refractivity contribution in [2.45, 2.75) is 26.3 Å². The lowest BCUT2D eigenvalue weighted by atomic mass is 10.0. The smallest absolute Gasteiger partial charge is 0.265 e. The number of carbonyl (C=O) groups excluding carboxylic acids is 2. The van der Waals surface area contributed by atoms with Gasteiger partial charge >= 0.3 is 0 Å². The summed E-state index contributed by atoms with van der Waals surface area (Å²) in [7, 11) is 0. The van der Waals surface area contributed by atoms with E-state index in [2.05, 4.69) is 27.4 Å². The average Bonchev–Trinajstić information content (AvgIpc) is 3.41. The van der Waals surface area contributed by atoms with Crippen LogP contribution in [0, 0.1) is 5.92 Å². The second-order valence-electron chi connectivity index (χ2n) is 7.56. The van der Waals surface area contributed by atoms with Gasteiger partial charge in [0.05, 0.1) is 21.8 Å². The lowest BCUT2D eigenvalue weighted by Crippen LogP contribution is -2.33. The fourth-order valence-electron chi connectivity index (χ4n) is 3.64. The van der Waals surface area contributed by atoms with Gasteiger partial charge in [0.15, 0.2) is 5.13 Å². The number of para-hydroxylation sites is 1. The van der Waals surface area contributed by atoms with Gasteiger partial charge in [-0.15, -0.1) is 22.7 Å². The average molecular weight is 441 g/mol. The first kappa shape index (κ1) is 20.7. The van der Waals surface area contributed by atoms with E-state index in [0.717, 1.165) is 31.2 Å². The third-order valence-electron chi connectivity index (χ3n) is 5.06. The third-order valence-corrected chi connectivity index (χ3v) is 6.74. The number of carbonyl (C=O) groups is 2. The Morgan fingerprint density at radius 1 is 1.13 bits per heavy atom. The van der Waals surface area contributed by atoms with E-state index in [1.807, 2.05) is 16.8 Å². The molecule has 2 N–H and O–H groups in total. The van der Waals surface area contributed by atoms with Gasteiger partial charge in [-0.25, -0.2) is 4.98 Å². The Hall–Kier alpha value is -2.55. The summed E-state index contributed by atoms with van der Waals surface area (Å²) in [5.41, 5.74) is 1.86. The van der Waals surface area contributed by atoms with Crippen LogP contribution >= 0.6 is 22.7 Å². The Morgan fingerprint density at radius 3 is 2.80 bits per heavy atom. The summed E-state index contributed by atoms with van der Waals surface area (Å²) in [5.74, 6) is 0.208. The quantitative estimate of drug-likeness (QED) is 0.569. The van der Waals surface area contributed by atoms with Crippen LogP contribution in [-0.2, 0) is 6.54 Å². The maximum absolute atomic E-state index is 12.8. The zero-order chi connectivity index (χ0) is 20.9. The molecule has 0 saturated carbocycles. The molecule has 0 radical (unpaired) electrons. The minimum absolute atomic E-state index is 0.224. The molecular formula is C22H24N4O2S2. The van der Waals surface area contributed by atoms with Crippen LogP contribution in [-0.4, -0.2) is 34.8 Å². The standard InChI is InChI=1S/C22H24N4O2S2/c1-15-6-4-10-26(12-15)13-16-14-30-22(23-16)25-20(27)17-7-2-3-8-18(17)24-21(28)19-9-5-11-29-19/h2-3,5,7-9,11,14-15H,4,6,10,12-13H2,1H3,(H,24,28)(H,23,25,27). The first-order valence-corrected chi connectivity index (χ1v) is 11.8. The van der Waals surface area contributed by atoms with Crippen LogP contribution in [0.5, 0.6) is 0 Å². The van der Waals surface area contributed by atoms with Gasteiger partial charge < -0.3 is 5.32 Å². The number of nitrogens with zero attached hydrogens (tertiary/aromatic N) is 2. The lowest BCUT2D eigenvalue weighted by Gasteiger charge is -2.30. The fraction of sp³-hybridized carbons (Fsp3) is 0.318. The van der Waals surface area contributed by atoms with Crippen molar-refractivity contribution in [1.82, 2.24) is 9.88 Å². The van der Waals surface area contributed by atoms with E-state index >= 15 is 0 Å². The number of amides is 2. The van der Waals surface area contributed by atoms with Crippen LogP contribution in [0.1, 0.15) is 45.5 Å². The predicted octanol–water partition coefficient (Wildman–Crippen LogP) is 4.94. The first-order chi connectivity index (χ1) is 14.6. The van der Waals surface area contributed by atoms with Crippen molar-refractivity contribution in [2.24, 2.45) is 5.92 Å². The molecule has 1 fully saturated rings. The maximum atomic E-state index is 12.8. The molecule has 1 aliphatic rings. The first-order valence-electron chi connectivity index (χ1n) is 10.0. The van der Waals surface area contributed by atoms with Crippen molar-refractivity contribution in [3.8, 4) is 0 Å². The molecule has 1 atom stereocenters. The highest BCUT2D eigenvalue weighted by molar-refractivity contribution is 7.14. The number of hydrogen-bond donors (Lipinski definition) is 2. The summed E-state index contributed by atoms with van der Waals surface area (Å²) >= 11 is 2.78. The van der Waals surface area contributed by atoms with Gasteiger partial charge in [0.25, 0.3) is 11.8 Å². The topological polar surface area (TPSA) is 74.3 Å². The molecule has 6 nitrogen and oxygen atoms in total. The number of likely N-dealkylation sites (tertiary alicyclic amines) is 1. The summed E-state index contributed by atoms with van der Waals surface area (Å²) in [6, 6.07) is 10.6. The number of rotatable bonds is 6. The van der Waals surface area contributed by atoms with Gasteiger partial charge in [-0.1, -0.05) is 25.1 Å². The molecule has 2 aromatic heterocycles. The molecule has 0 spiro atoms. The Labute approximate surface area is 184 Å². The molecule has 0 bridgehead atoms. The zero-order valence-corrected chi connectivity index (χ0v) is 18.4. The highest BCUT2D eigenvalue weighted by Gasteiger charge is 2.19. The van der Waals surface area contributed by atoms with Gasteiger partial charge in [-0.05, 0) is 48.9 Å². The van der Waals surface area contributed by atoms with Gasteiger partial charge in [0, 0.05) is 18.5 Å². The van der Waals surface area contributed by atoms with Crippen LogP contribution in [0.2, 0.25) is 0 Å². The summed E-state index contributed by atoms with van der Waals surface area (Å²) in [6.45, 7) is 5.29. The Bertz CT molecular complexity index is 1020. The molecule has 1 aromatic carbocycles. The van der Waals surface area contributed by atoms with E-state index in [1.165, 1.54) is 35.5 Å². The molecule has 3 aromatic rings. The van der Waals surface area contributed by atoms with Crippen LogP contribution in [0.3, 0.4) is 0 Å². The van der Waals surface area contributed by atoms with Crippen LogP contribution in [0.25, 0.3) is 0 Å². The normalized spacial score (nSPS) is 16.9. The number of thiazole rings is 1. The zero-order valence-electron chi connectivity index (χ0n) is 16.8. The second kappa shape index (κ2) is 9.51. The number of piperidine rings is 1. The van der Waals surface area contributed by atoms with Crippen molar-refractivity contribution < 1.29 is 9.59 Å². The summed E-state index contributed by atoms with van der Waals surface area (Å²) in [6.07, 6.45) is 2.51. The molecule has 4 rings (SSSR count). The largest absolute Gasteiger partial charge is 0.321 e. The maximum Gasteiger partial charge on any atom is 0.265 e. The molecule has 1 aliphatic heterocycles. The number of hydrogen-bond acceptors (Lipinski definition) is 6. The summed E-state index contributed by atoms with van der Waals surface area (Å²) < 4.78 is 0. The van der Waals surface area contributed by atoms with Gasteiger partial charge in [-0.2, -0.15) is 0 Å². The van der Waals surface area contributed by atoms with Crippen molar-refractivity contribution >= 4 is 45.3 Å². The van der Waals surface area contributed by atoms with Gasteiger partial charge in [0.2, 0.25) is 0 Å². The third kappa shape index (κ3) is 5.13. The molecule has 2 amide bonds. The van der Waals surface area contributed by atoms with Crippen molar-refractivity contribution in [1.29, 1.82) is 0 Å². The van der Waals surface area contributed by atoms with Crippen molar-refractivity contribution in [2.75, 3.05) is 23.7 Å². The Morgan fingerprint density at radius 2 is 2.00 bits per heavy atom.